The Balaban J connectivity index is 0.00000308. The predicted octanol–water partition coefficient (Wildman–Crippen LogP) is 4.37. The van der Waals surface area contributed by atoms with Crippen LogP contribution in [0.15, 0.2) is 83.9 Å². The van der Waals surface area contributed by atoms with Crippen LogP contribution in [0.3, 0.4) is 0 Å². The average molecular weight is 530 g/mol. The summed E-state index contributed by atoms with van der Waals surface area (Å²) in [7, 11) is 0. The molecule has 2 fully saturated rings. The number of pyridine rings is 1. The molecule has 2 aromatic heterocycles. The van der Waals surface area contributed by atoms with E-state index < -0.39 is 5.25 Å². The monoisotopic (exact) mass is 529 g/mol. The Bertz CT molecular complexity index is 1500. The van der Waals surface area contributed by atoms with E-state index in [1.165, 1.54) is 0 Å². The highest BCUT2D eigenvalue weighted by atomic mass is 32.2. The van der Waals surface area contributed by atoms with Crippen LogP contribution >= 0.6 is 11.8 Å². The number of aromatic nitrogens is 3. The topological polar surface area (TPSA) is 91.3 Å². The van der Waals surface area contributed by atoms with Gasteiger partial charge in [0.2, 0.25) is 11.8 Å². The standard InChI is InChI=1S/C29H29N5O3S.H2/c35-26(32-16-12-22(13-17-32)34-24-9-5-4-8-23(24)31-29(34)37)18-25-27(36)33(19-20-10-14-30-15-11-20)28(38-25)21-6-2-1-3-7-21;/h1-11,14-15,22,25,28H,12-13,16-19H2,(H,31,37);1H. The van der Waals surface area contributed by atoms with E-state index in [9.17, 15) is 14.4 Å². The number of rotatable bonds is 6. The number of hydrogen-bond acceptors (Lipinski definition) is 5. The third-order valence-corrected chi connectivity index (χ3v) is 8.97. The van der Waals surface area contributed by atoms with Crippen molar-refractivity contribution in [2.75, 3.05) is 13.1 Å². The molecule has 2 aromatic carbocycles. The van der Waals surface area contributed by atoms with Gasteiger partial charge in [0.1, 0.15) is 5.37 Å². The van der Waals surface area contributed by atoms with Crippen molar-refractivity contribution in [3.05, 3.63) is 101 Å². The number of carbonyl (C=O) groups excluding carboxylic acids is 2. The van der Waals surface area contributed by atoms with E-state index in [-0.39, 0.29) is 36.8 Å². The molecule has 2 atom stereocenters. The number of carbonyl (C=O) groups is 2. The summed E-state index contributed by atoms with van der Waals surface area (Å²) < 4.78 is 1.83. The zero-order chi connectivity index (χ0) is 26.1. The Hall–Kier alpha value is -3.85. The normalized spacial score (nSPS) is 20.4. The van der Waals surface area contributed by atoms with Crippen LogP contribution in [0.25, 0.3) is 11.0 Å². The van der Waals surface area contributed by atoms with Crippen LogP contribution < -0.4 is 5.69 Å². The number of para-hydroxylation sites is 2. The van der Waals surface area contributed by atoms with Crippen molar-refractivity contribution < 1.29 is 11.0 Å². The molecule has 196 valence electrons. The summed E-state index contributed by atoms with van der Waals surface area (Å²) in [5.41, 5.74) is 3.69. The maximum absolute atomic E-state index is 13.6. The van der Waals surface area contributed by atoms with Gasteiger partial charge in [-0.15, -0.1) is 11.8 Å². The molecule has 0 bridgehead atoms. The molecule has 2 unspecified atom stereocenters. The van der Waals surface area contributed by atoms with Gasteiger partial charge in [0, 0.05) is 45.9 Å². The molecule has 0 radical (unpaired) electrons. The molecule has 0 saturated carbocycles. The SMILES string of the molecule is O=C(CC1SC(c2ccccc2)N(Cc2ccncc2)C1=O)N1CCC(n2c(=O)[nH]c3ccccc32)CC1.[HH]. The zero-order valence-corrected chi connectivity index (χ0v) is 21.7. The molecule has 1 N–H and O–H groups in total. The van der Waals surface area contributed by atoms with Crippen LogP contribution in [0, 0.1) is 0 Å². The van der Waals surface area contributed by atoms with Gasteiger partial charge in [-0.3, -0.25) is 19.1 Å². The first-order valence-corrected chi connectivity index (χ1v) is 13.9. The van der Waals surface area contributed by atoms with Crippen LogP contribution in [0.5, 0.6) is 0 Å². The second-order valence-corrected chi connectivity index (χ2v) is 11.1. The number of nitrogens with one attached hydrogen (secondary N) is 1. The molecule has 4 heterocycles. The van der Waals surface area contributed by atoms with Gasteiger partial charge in [0.15, 0.2) is 0 Å². The fraction of sp³-hybridized carbons (Fsp3) is 0.310. The van der Waals surface area contributed by atoms with Crippen LogP contribution in [0.4, 0.5) is 0 Å². The first-order chi connectivity index (χ1) is 18.6. The number of piperidine rings is 1. The first-order valence-electron chi connectivity index (χ1n) is 13.0. The largest absolute Gasteiger partial charge is 0.342 e. The van der Waals surface area contributed by atoms with Crippen LogP contribution in [0.2, 0.25) is 0 Å². The second kappa shape index (κ2) is 10.5. The molecule has 9 heteroatoms. The second-order valence-electron chi connectivity index (χ2n) is 9.84. The number of amides is 2. The maximum Gasteiger partial charge on any atom is 0.326 e. The van der Waals surface area contributed by atoms with Gasteiger partial charge in [0.25, 0.3) is 0 Å². The maximum atomic E-state index is 13.6. The molecule has 0 aliphatic carbocycles. The Morgan fingerprint density at radius 1 is 0.974 bits per heavy atom. The summed E-state index contributed by atoms with van der Waals surface area (Å²) in [4.78, 5) is 50.3. The Morgan fingerprint density at radius 3 is 2.45 bits per heavy atom. The van der Waals surface area contributed by atoms with E-state index >= 15 is 0 Å². The van der Waals surface area contributed by atoms with E-state index in [1.54, 1.807) is 24.2 Å². The summed E-state index contributed by atoms with van der Waals surface area (Å²) in [6.07, 6.45) is 5.06. The van der Waals surface area contributed by atoms with E-state index in [0.717, 1.165) is 22.2 Å². The highest BCUT2D eigenvalue weighted by molar-refractivity contribution is 8.01. The minimum absolute atomic E-state index is 0. The average Bonchev–Trinajstić information content (AvgIpc) is 3.45. The quantitative estimate of drug-likeness (QED) is 0.401. The molecular weight excluding hydrogens is 498 g/mol. The van der Waals surface area contributed by atoms with E-state index in [0.29, 0.717) is 32.5 Å². The van der Waals surface area contributed by atoms with Gasteiger partial charge < -0.3 is 14.8 Å². The lowest BCUT2D eigenvalue weighted by Crippen LogP contribution is -2.42. The number of H-pyrrole nitrogens is 1. The molecule has 4 aromatic rings. The summed E-state index contributed by atoms with van der Waals surface area (Å²) >= 11 is 1.56. The smallest absolute Gasteiger partial charge is 0.326 e. The Labute approximate surface area is 226 Å². The molecule has 2 aliphatic heterocycles. The summed E-state index contributed by atoms with van der Waals surface area (Å²) in [6.45, 7) is 1.62. The molecule has 2 saturated heterocycles. The summed E-state index contributed by atoms with van der Waals surface area (Å²) in [6, 6.07) is 21.6. The van der Waals surface area contributed by atoms with E-state index in [1.807, 2.05) is 81.1 Å². The highest BCUT2D eigenvalue weighted by Gasteiger charge is 2.42. The molecule has 2 aliphatic rings. The van der Waals surface area contributed by atoms with Gasteiger partial charge in [-0.2, -0.15) is 0 Å². The van der Waals surface area contributed by atoms with Crippen molar-refractivity contribution in [3.8, 4) is 0 Å². The molecule has 6 rings (SSSR count). The molecule has 38 heavy (non-hydrogen) atoms. The van der Waals surface area contributed by atoms with Gasteiger partial charge in [-0.1, -0.05) is 42.5 Å². The van der Waals surface area contributed by atoms with Crippen LogP contribution in [-0.4, -0.2) is 54.5 Å². The van der Waals surface area contributed by atoms with Crippen molar-refractivity contribution in [1.29, 1.82) is 0 Å². The fourth-order valence-corrected chi connectivity index (χ4v) is 6.98. The number of imidazole rings is 1. The minimum atomic E-state index is -0.427. The number of thioether (sulfide) groups is 1. The zero-order valence-electron chi connectivity index (χ0n) is 20.9. The fourth-order valence-electron chi connectivity index (χ4n) is 5.54. The highest BCUT2D eigenvalue weighted by Crippen LogP contribution is 2.45. The lowest BCUT2D eigenvalue weighted by Gasteiger charge is -2.33. The number of hydrogen-bond donors (Lipinski definition) is 1. The molecular formula is C29H31N5O3S. The van der Waals surface area contributed by atoms with Crippen molar-refractivity contribution >= 4 is 34.6 Å². The Morgan fingerprint density at radius 2 is 1.68 bits per heavy atom. The van der Waals surface area contributed by atoms with Gasteiger partial charge >= 0.3 is 5.69 Å². The number of likely N-dealkylation sites (tertiary alicyclic amines) is 1. The van der Waals surface area contributed by atoms with Crippen molar-refractivity contribution in [3.63, 3.8) is 0 Å². The Kier molecular flexibility index (Phi) is 6.76. The lowest BCUT2D eigenvalue weighted by molar-refractivity contribution is -0.137. The van der Waals surface area contributed by atoms with Crippen LogP contribution in [-0.2, 0) is 16.1 Å². The van der Waals surface area contributed by atoms with E-state index in [4.69, 9.17) is 0 Å². The van der Waals surface area contributed by atoms with Crippen molar-refractivity contribution in [2.45, 2.75) is 42.5 Å². The first kappa shape index (κ1) is 24.5. The number of nitrogens with zero attached hydrogens (tertiary/aromatic N) is 4. The predicted molar refractivity (Wildman–Crippen MR) is 149 cm³/mol. The van der Waals surface area contributed by atoms with Gasteiger partial charge in [-0.25, -0.2) is 4.79 Å². The number of benzene rings is 2. The van der Waals surface area contributed by atoms with Crippen molar-refractivity contribution in [2.24, 2.45) is 0 Å². The minimum Gasteiger partial charge on any atom is -0.342 e. The van der Waals surface area contributed by atoms with Crippen molar-refractivity contribution in [1.82, 2.24) is 24.3 Å². The molecule has 0 spiro atoms. The third kappa shape index (κ3) is 4.74. The number of aromatic amines is 1. The number of fused-ring (bicyclic) bond motifs is 1. The molecule has 2 amide bonds. The van der Waals surface area contributed by atoms with Crippen LogP contribution in [0.1, 0.15) is 43.2 Å². The third-order valence-electron chi connectivity index (χ3n) is 7.49. The van der Waals surface area contributed by atoms with Gasteiger partial charge in [-0.05, 0) is 48.2 Å². The summed E-state index contributed by atoms with van der Waals surface area (Å²) in [5, 5.41) is -0.572. The summed E-state index contributed by atoms with van der Waals surface area (Å²) in [5.74, 6) is -0.00704. The van der Waals surface area contributed by atoms with E-state index in [2.05, 4.69) is 9.97 Å². The molecule has 8 nitrogen and oxygen atoms in total. The van der Waals surface area contributed by atoms with Gasteiger partial charge in [0.05, 0.1) is 16.3 Å². The lowest BCUT2D eigenvalue weighted by atomic mass is 10.0.